The Labute approximate surface area is 130 Å². The van der Waals surface area contributed by atoms with Gasteiger partial charge in [0.05, 0.1) is 17.7 Å². The van der Waals surface area contributed by atoms with Gasteiger partial charge in [0.15, 0.2) is 0 Å². The Morgan fingerprint density at radius 1 is 0.957 bits per heavy atom. The molecule has 1 fully saturated rings. The maximum Gasteiger partial charge on any atom is 0.336 e. The maximum absolute atomic E-state index is 11.4. The average Bonchev–Trinajstić information content (AvgIpc) is 2.52. The van der Waals surface area contributed by atoms with Crippen LogP contribution in [0.1, 0.15) is 32.4 Å². The Morgan fingerprint density at radius 3 is 1.91 bits per heavy atom. The average molecular weight is 328 g/mol. The number of ether oxygens (including phenoxy) is 1. The van der Waals surface area contributed by atoms with Crippen molar-refractivity contribution in [1.29, 1.82) is 0 Å². The van der Waals surface area contributed by atoms with Gasteiger partial charge in [-0.15, -0.1) is 0 Å². The van der Waals surface area contributed by atoms with Gasteiger partial charge in [0, 0.05) is 5.56 Å². The number of aliphatic hydroxyl groups is 4. The van der Waals surface area contributed by atoms with Crippen LogP contribution in [0.15, 0.2) is 18.2 Å². The van der Waals surface area contributed by atoms with Gasteiger partial charge in [-0.25, -0.2) is 9.59 Å². The number of benzene rings is 1. The second-order valence-electron chi connectivity index (χ2n) is 5.13. The molecule has 0 bridgehead atoms. The lowest BCUT2D eigenvalue weighted by Crippen LogP contribution is -2.55. The first kappa shape index (κ1) is 17.3. The molecular formula is C14H16O9. The third kappa shape index (κ3) is 3.05. The van der Waals surface area contributed by atoms with Crippen LogP contribution in [0.4, 0.5) is 0 Å². The molecule has 6 N–H and O–H groups in total. The van der Waals surface area contributed by atoms with Crippen LogP contribution in [0.2, 0.25) is 0 Å². The van der Waals surface area contributed by atoms with Gasteiger partial charge in [0.2, 0.25) is 0 Å². The van der Waals surface area contributed by atoms with Crippen LogP contribution in [0, 0.1) is 0 Å². The summed E-state index contributed by atoms with van der Waals surface area (Å²) < 4.78 is 5.26. The minimum Gasteiger partial charge on any atom is -0.478 e. The summed E-state index contributed by atoms with van der Waals surface area (Å²) in [6, 6.07) is 3.48. The monoisotopic (exact) mass is 328 g/mol. The first-order valence-corrected chi connectivity index (χ1v) is 6.69. The summed E-state index contributed by atoms with van der Waals surface area (Å²) in [7, 11) is 0. The van der Waals surface area contributed by atoms with Crippen LogP contribution in [0.3, 0.4) is 0 Å². The summed E-state index contributed by atoms with van der Waals surface area (Å²) >= 11 is 0. The molecule has 1 heterocycles. The van der Waals surface area contributed by atoms with Crippen molar-refractivity contribution in [1.82, 2.24) is 0 Å². The largest absolute Gasteiger partial charge is 0.478 e. The molecular weight excluding hydrogens is 312 g/mol. The van der Waals surface area contributed by atoms with Crippen molar-refractivity contribution < 1.29 is 45.0 Å². The van der Waals surface area contributed by atoms with Crippen LogP contribution in [0.25, 0.3) is 0 Å². The Hall–Kier alpha value is -2.04. The molecule has 1 aromatic carbocycles. The summed E-state index contributed by atoms with van der Waals surface area (Å²) in [4.78, 5) is 22.7. The number of hydrogen-bond acceptors (Lipinski definition) is 7. The SMILES string of the molecule is O=C(O)c1cccc(C(=O)O)c1C1O[C@H](CO)[C@@H](O)[C@H](O)[C@H]1O. The quantitative estimate of drug-likeness (QED) is 0.390. The Kier molecular flexibility index (Phi) is 4.97. The third-order valence-corrected chi connectivity index (χ3v) is 3.74. The van der Waals surface area contributed by atoms with Crippen LogP contribution in [-0.4, -0.2) is 73.6 Å². The summed E-state index contributed by atoms with van der Waals surface area (Å²) in [5, 5.41) is 57.3. The molecule has 23 heavy (non-hydrogen) atoms. The molecule has 126 valence electrons. The molecule has 1 aromatic rings. The molecule has 1 saturated heterocycles. The number of carboxylic acids is 2. The highest BCUT2D eigenvalue weighted by molar-refractivity contribution is 5.96. The molecule has 5 atom stereocenters. The van der Waals surface area contributed by atoms with Crippen LogP contribution >= 0.6 is 0 Å². The van der Waals surface area contributed by atoms with Crippen molar-refractivity contribution in [3.8, 4) is 0 Å². The van der Waals surface area contributed by atoms with Crippen molar-refractivity contribution in [2.45, 2.75) is 30.5 Å². The van der Waals surface area contributed by atoms with Gasteiger partial charge in [-0.2, -0.15) is 0 Å². The standard InChI is InChI=1S/C14H16O9/c15-4-7-9(16)10(17)11(18)12(23-7)8-5(13(19)20)2-1-3-6(8)14(21)22/h1-3,7,9-12,15-18H,4H2,(H,19,20)(H,21,22)/t7-,9-,10+,11-,12?/m1/s1. The molecule has 0 spiro atoms. The number of hydrogen-bond donors (Lipinski definition) is 6. The number of rotatable bonds is 4. The second-order valence-corrected chi connectivity index (χ2v) is 5.13. The van der Waals surface area contributed by atoms with E-state index in [9.17, 15) is 40.2 Å². The van der Waals surface area contributed by atoms with Crippen molar-refractivity contribution in [2.75, 3.05) is 6.61 Å². The number of carbonyl (C=O) groups is 2. The predicted octanol–water partition coefficient (Wildman–Crippen LogP) is -1.40. The van der Waals surface area contributed by atoms with Gasteiger partial charge in [-0.3, -0.25) is 0 Å². The van der Waals surface area contributed by atoms with E-state index < -0.39 is 60.2 Å². The molecule has 1 unspecified atom stereocenters. The zero-order valence-corrected chi connectivity index (χ0v) is 11.7. The van der Waals surface area contributed by atoms with Gasteiger partial charge in [-0.1, -0.05) is 6.07 Å². The van der Waals surface area contributed by atoms with E-state index in [-0.39, 0.29) is 5.56 Å². The van der Waals surface area contributed by atoms with Crippen molar-refractivity contribution in [3.63, 3.8) is 0 Å². The number of aromatic carboxylic acids is 2. The second kappa shape index (κ2) is 6.60. The summed E-state index contributed by atoms with van der Waals surface area (Å²) in [6.45, 7) is -0.709. The molecule has 9 heteroatoms. The van der Waals surface area contributed by atoms with Crippen LogP contribution in [-0.2, 0) is 4.74 Å². The maximum atomic E-state index is 11.4. The highest BCUT2D eigenvalue weighted by Gasteiger charge is 2.46. The molecule has 0 saturated carbocycles. The fourth-order valence-electron chi connectivity index (χ4n) is 2.58. The lowest BCUT2D eigenvalue weighted by molar-refractivity contribution is -0.231. The van der Waals surface area contributed by atoms with E-state index >= 15 is 0 Å². The molecule has 0 aromatic heterocycles. The van der Waals surface area contributed by atoms with E-state index in [0.29, 0.717) is 0 Å². The topological polar surface area (TPSA) is 165 Å². The first-order chi connectivity index (χ1) is 10.8. The molecule has 1 aliphatic heterocycles. The summed E-state index contributed by atoms with van der Waals surface area (Å²) in [6.07, 6.45) is -7.96. The lowest BCUT2D eigenvalue weighted by atomic mass is 9.86. The van der Waals surface area contributed by atoms with Gasteiger partial charge in [0.1, 0.15) is 30.5 Å². The van der Waals surface area contributed by atoms with Gasteiger partial charge in [0.25, 0.3) is 0 Å². The van der Waals surface area contributed by atoms with Crippen LogP contribution in [0.5, 0.6) is 0 Å². The molecule has 0 amide bonds. The number of aliphatic hydroxyl groups excluding tert-OH is 4. The van der Waals surface area contributed by atoms with Crippen molar-refractivity contribution in [2.24, 2.45) is 0 Å². The van der Waals surface area contributed by atoms with E-state index in [1.54, 1.807) is 0 Å². The van der Waals surface area contributed by atoms with Crippen molar-refractivity contribution in [3.05, 3.63) is 34.9 Å². The fourth-order valence-corrected chi connectivity index (χ4v) is 2.58. The van der Waals surface area contributed by atoms with Gasteiger partial charge < -0.3 is 35.4 Å². The lowest BCUT2D eigenvalue weighted by Gasteiger charge is -2.40. The number of carboxylic acid groups (broad SMARTS) is 2. The molecule has 0 aliphatic carbocycles. The molecule has 0 radical (unpaired) electrons. The highest BCUT2D eigenvalue weighted by atomic mass is 16.5. The first-order valence-electron chi connectivity index (χ1n) is 6.69. The minimum atomic E-state index is -1.77. The van der Waals surface area contributed by atoms with E-state index in [1.807, 2.05) is 0 Å². The van der Waals surface area contributed by atoms with E-state index in [4.69, 9.17) is 4.74 Å². The zero-order valence-electron chi connectivity index (χ0n) is 11.7. The zero-order chi connectivity index (χ0) is 17.3. The van der Waals surface area contributed by atoms with Crippen molar-refractivity contribution >= 4 is 11.9 Å². The van der Waals surface area contributed by atoms with E-state index in [0.717, 1.165) is 12.1 Å². The minimum absolute atomic E-state index is 0.343. The molecule has 2 rings (SSSR count). The predicted molar refractivity (Wildman–Crippen MR) is 73.1 cm³/mol. The highest BCUT2D eigenvalue weighted by Crippen LogP contribution is 2.36. The Balaban J connectivity index is 2.59. The normalized spacial score (nSPS) is 30.9. The molecule has 1 aliphatic rings. The smallest absolute Gasteiger partial charge is 0.336 e. The van der Waals surface area contributed by atoms with E-state index in [2.05, 4.69) is 0 Å². The third-order valence-electron chi connectivity index (χ3n) is 3.74. The summed E-state index contributed by atoms with van der Waals surface area (Å²) in [5.74, 6) is -2.89. The van der Waals surface area contributed by atoms with Gasteiger partial charge in [-0.05, 0) is 12.1 Å². The fraction of sp³-hybridized carbons (Fsp3) is 0.429. The van der Waals surface area contributed by atoms with E-state index in [1.165, 1.54) is 6.07 Å². The Morgan fingerprint density at radius 2 is 1.48 bits per heavy atom. The van der Waals surface area contributed by atoms with Gasteiger partial charge >= 0.3 is 11.9 Å². The van der Waals surface area contributed by atoms with Crippen LogP contribution < -0.4 is 0 Å². The summed E-state index contributed by atoms with van der Waals surface area (Å²) in [5.41, 5.74) is -1.19. The molecule has 9 nitrogen and oxygen atoms in total. The Bertz CT molecular complexity index is 580.